The number of methoxy groups -OCH3 is 3. The van der Waals surface area contributed by atoms with Gasteiger partial charge in [0, 0.05) is 21.8 Å². The Kier molecular flexibility index (Phi) is 7.34. The van der Waals surface area contributed by atoms with Crippen LogP contribution in [-0.4, -0.2) is 46.2 Å². The molecule has 0 atom stereocenters. The third kappa shape index (κ3) is 5.20. The third-order valence-electron chi connectivity index (χ3n) is 3.73. The molecule has 0 unspecified atom stereocenters. The van der Waals surface area contributed by atoms with E-state index in [0.717, 1.165) is 22.5 Å². The van der Waals surface area contributed by atoms with Gasteiger partial charge in [0.05, 0.1) is 39.0 Å². The predicted octanol–water partition coefficient (Wildman–Crippen LogP) is 3.10. The zero-order valence-corrected chi connectivity index (χ0v) is 16.3. The van der Waals surface area contributed by atoms with E-state index in [4.69, 9.17) is 28.6 Å². The first kappa shape index (κ1) is 21.2. The van der Waals surface area contributed by atoms with E-state index >= 15 is 0 Å². The molecule has 0 amide bonds. The molecule has 0 bridgehead atoms. The largest absolute Gasteiger partial charge is 0.692 e. The molecule has 3 aromatic rings. The first-order valence-corrected chi connectivity index (χ1v) is 9.05. The Morgan fingerprint density at radius 1 is 0.929 bits per heavy atom. The Balaban J connectivity index is 0.000000640. The van der Waals surface area contributed by atoms with Gasteiger partial charge >= 0.3 is 8.25 Å². The number of nitrogens with zero attached hydrogens (tertiary/aromatic N) is 1. The maximum atomic E-state index is 10.0. The van der Waals surface area contributed by atoms with Gasteiger partial charge in [0.15, 0.2) is 11.5 Å². The van der Waals surface area contributed by atoms with Gasteiger partial charge < -0.3 is 24.3 Å². The summed E-state index contributed by atoms with van der Waals surface area (Å²) in [7, 11) is 1.85. The number of hydrogen-bond donors (Lipinski definition) is 4. The second-order valence-corrected chi connectivity index (χ2v) is 5.87. The van der Waals surface area contributed by atoms with Gasteiger partial charge in [-0.15, -0.1) is 9.79 Å². The molecule has 0 spiro atoms. The standard InChI is InChI=1S/C18H18N2O4.HO3P/c1-22-13-6-12(7-14(9-13)23-2)18-17(19-10-20-18)11-4-5-16(24-3)15(21)8-11;1-4(2)3/h4-10,21H,1-3H3,(H,19,20);(H-,1,2,3)/p+1. The average molecular weight is 407 g/mol. The third-order valence-corrected chi connectivity index (χ3v) is 3.73. The van der Waals surface area contributed by atoms with Gasteiger partial charge in [0.1, 0.15) is 11.5 Å². The highest BCUT2D eigenvalue weighted by Gasteiger charge is 2.14. The molecule has 9 nitrogen and oxygen atoms in total. The zero-order chi connectivity index (χ0) is 20.7. The van der Waals surface area contributed by atoms with Crippen LogP contribution in [0.2, 0.25) is 0 Å². The van der Waals surface area contributed by atoms with Crippen LogP contribution >= 0.6 is 8.25 Å². The fraction of sp³-hybridized carbons (Fsp3) is 0.167. The van der Waals surface area contributed by atoms with E-state index in [1.165, 1.54) is 7.11 Å². The SMILES string of the molecule is COc1cc(OC)cc(-c2nc[nH]c2-c2ccc(OC)c(O)c2)c1.O=[P+](O)O. The van der Waals surface area contributed by atoms with E-state index in [1.807, 2.05) is 18.2 Å². The van der Waals surface area contributed by atoms with E-state index in [0.29, 0.717) is 17.2 Å². The van der Waals surface area contributed by atoms with Crippen LogP contribution in [0.4, 0.5) is 0 Å². The van der Waals surface area contributed by atoms with Crippen molar-refractivity contribution in [2.24, 2.45) is 0 Å². The van der Waals surface area contributed by atoms with Crippen LogP contribution < -0.4 is 14.2 Å². The summed E-state index contributed by atoms with van der Waals surface area (Å²) in [5.74, 6) is 1.84. The van der Waals surface area contributed by atoms with Gasteiger partial charge in [0.2, 0.25) is 0 Å². The zero-order valence-electron chi connectivity index (χ0n) is 15.4. The number of benzene rings is 2. The molecule has 0 aliphatic heterocycles. The number of aromatic hydroxyl groups is 1. The van der Waals surface area contributed by atoms with Crippen molar-refractivity contribution < 1.29 is 33.7 Å². The molecule has 0 aliphatic rings. The van der Waals surface area contributed by atoms with Crippen LogP contribution in [-0.2, 0) is 4.57 Å². The van der Waals surface area contributed by atoms with Gasteiger partial charge in [-0.1, -0.05) is 0 Å². The Morgan fingerprint density at radius 3 is 2.04 bits per heavy atom. The minimum absolute atomic E-state index is 0.0683. The maximum absolute atomic E-state index is 10.0. The summed E-state index contributed by atoms with van der Waals surface area (Å²) in [6.07, 6.45) is 1.61. The Labute approximate surface area is 162 Å². The molecule has 1 aromatic heterocycles. The number of H-pyrrole nitrogens is 1. The second-order valence-electron chi connectivity index (χ2n) is 5.37. The number of imidazole rings is 1. The first-order chi connectivity index (χ1) is 13.4. The lowest BCUT2D eigenvalue weighted by atomic mass is 10.0. The number of nitrogens with one attached hydrogen (secondary N) is 1. The minimum atomic E-state index is -2.87. The van der Waals surface area contributed by atoms with E-state index < -0.39 is 8.25 Å². The predicted molar refractivity (Wildman–Crippen MR) is 103 cm³/mol. The van der Waals surface area contributed by atoms with Crippen molar-refractivity contribution in [1.82, 2.24) is 9.97 Å². The van der Waals surface area contributed by atoms with Crippen LogP contribution in [0.25, 0.3) is 22.5 Å². The molecule has 1 heterocycles. The monoisotopic (exact) mass is 407 g/mol. The topological polar surface area (TPSA) is 134 Å². The Bertz CT molecular complexity index is 933. The van der Waals surface area contributed by atoms with Crippen LogP contribution in [0.3, 0.4) is 0 Å². The molecule has 0 saturated heterocycles. The number of phenolic OH excluding ortho intramolecular Hbond substituents is 1. The number of aromatic nitrogens is 2. The van der Waals surface area contributed by atoms with Crippen molar-refractivity contribution in [2.75, 3.05) is 21.3 Å². The fourth-order valence-electron chi connectivity index (χ4n) is 2.52. The normalized spacial score (nSPS) is 9.89. The molecule has 28 heavy (non-hydrogen) atoms. The number of aromatic amines is 1. The summed E-state index contributed by atoms with van der Waals surface area (Å²) in [6, 6.07) is 10.8. The van der Waals surface area contributed by atoms with Gasteiger partial charge in [0.25, 0.3) is 0 Å². The molecular formula is C18H20N2O7P+. The molecule has 0 fully saturated rings. The molecule has 4 N–H and O–H groups in total. The lowest BCUT2D eigenvalue weighted by Gasteiger charge is -2.10. The van der Waals surface area contributed by atoms with Crippen molar-refractivity contribution in [2.45, 2.75) is 0 Å². The molecule has 3 rings (SSSR count). The summed E-state index contributed by atoms with van der Waals surface area (Å²) < 4.78 is 24.4. The van der Waals surface area contributed by atoms with Crippen LogP contribution in [0.1, 0.15) is 0 Å². The summed E-state index contributed by atoms with van der Waals surface area (Å²) >= 11 is 0. The minimum Gasteiger partial charge on any atom is -0.504 e. The van der Waals surface area contributed by atoms with E-state index in [-0.39, 0.29) is 5.75 Å². The Morgan fingerprint density at radius 2 is 1.54 bits per heavy atom. The molecular weight excluding hydrogens is 387 g/mol. The molecule has 0 aliphatic carbocycles. The van der Waals surface area contributed by atoms with E-state index in [1.54, 1.807) is 38.7 Å². The lowest BCUT2D eigenvalue weighted by molar-refractivity contribution is 0.373. The van der Waals surface area contributed by atoms with Crippen molar-refractivity contribution in [1.29, 1.82) is 0 Å². The molecule has 0 radical (unpaired) electrons. The van der Waals surface area contributed by atoms with Gasteiger partial charge in [-0.05, 0) is 30.3 Å². The fourth-order valence-corrected chi connectivity index (χ4v) is 2.52. The molecule has 2 aromatic carbocycles. The van der Waals surface area contributed by atoms with Gasteiger partial charge in [-0.2, -0.15) is 0 Å². The molecule has 0 saturated carbocycles. The van der Waals surface area contributed by atoms with Gasteiger partial charge in [-0.3, -0.25) is 0 Å². The molecule has 148 valence electrons. The smallest absolute Gasteiger partial charge is 0.504 e. The lowest BCUT2D eigenvalue weighted by Crippen LogP contribution is -1.91. The number of hydrogen-bond acceptors (Lipinski definition) is 6. The van der Waals surface area contributed by atoms with Crippen LogP contribution in [0.15, 0.2) is 42.7 Å². The molecule has 10 heteroatoms. The first-order valence-electron chi connectivity index (χ1n) is 7.88. The summed E-state index contributed by atoms with van der Waals surface area (Å²) in [6.45, 7) is 0. The van der Waals surface area contributed by atoms with Gasteiger partial charge in [-0.25, -0.2) is 4.98 Å². The van der Waals surface area contributed by atoms with Crippen LogP contribution in [0, 0.1) is 0 Å². The summed E-state index contributed by atoms with van der Waals surface area (Å²) in [5, 5.41) is 10.0. The van der Waals surface area contributed by atoms with Crippen molar-refractivity contribution in [3.63, 3.8) is 0 Å². The number of rotatable bonds is 5. The summed E-state index contributed by atoms with van der Waals surface area (Å²) in [5.41, 5.74) is 3.15. The highest BCUT2D eigenvalue weighted by atomic mass is 31.1. The Hall–Kier alpha value is -3.13. The highest BCUT2D eigenvalue weighted by Crippen LogP contribution is 2.36. The average Bonchev–Trinajstić information content (AvgIpc) is 3.17. The number of ether oxygens (including phenoxy) is 3. The second kappa shape index (κ2) is 9.70. The van der Waals surface area contributed by atoms with Crippen molar-refractivity contribution in [3.8, 4) is 45.5 Å². The van der Waals surface area contributed by atoms with E-state index in [2.05, 4.69) is 9.97 Å². The quantitative estimate of drug-likeness (QED) is 0.474. The van der Waals surface area contributed by atoms with Crippen molar-refractivity contribution in [3.05, 3.63) is 42.7 Å². The maximum Gasteiger partial charge on any atom is 0.692 e. The number of phenols is 1. The summed E-state index contributed by atoms with van der Waals surface area (Å²) in [4.78, 5) is 21.8. The van der Waals surface area contributed by atoms with Crippen molar-refractivity contribution >= 4 is 8.25 Å². The highest BCUT2D eigenvalue weighted by molar-refractivity contribution is 7.30. The van der Waals surface area contributed by atoms with E-state index in [9.17, 15) is 5.11 Å². The van der Waals surface area contributed by atoms with Crippen LogP contribution in [0.5, 0.6) is 23.0 Å².